The van der Waals surface area contributed by atoms with Crippen molar-refractivity contribution in [3.63, 3.8) is 0 Å². The van der Waals surface area contributed by atoms with Crippen molar-refractivity contribution >= 4 is 11.9 Å². The molecule has 1 saturated carbocycles. The van der Waals surface area contributed by atoms with E-state index in [0.29, 0.717) is 25.7 Å². The molecule has 6 nitrogen and oxygen atoms in total. The van der Waals surface area contributed by atoms with Crippen LogP contribution in [0.4, 0.5) is 4.39 Å². The lowest BCUT2D eigenvalue weighted by Crippen LogP contribution is -2.28. The Morgan fingerprint density at radius 3 is 2.30 bits per heavy atom. The Kier molecular flexibility index (Phi) is 5.41. The molecule has 126 valence electrons. The van der Waals surface area contributed by atoms with Crippen LogP contribution in [-0.2, 0) is 9.53 Å². The molecule has 0 saturated heterocycles. The van der Waals surface area contributed by atoms with Crippen molar-refractivity contribution in [3.8, 4) is 11.5 Å². The van der Waals surface area contributed by atoms with E-state index in [1.807, 2.05) is 0 Å². The van der Waals surface area contributed by atoms with Crippen molar-refractivity contribution in [2.24, 2.45) is 5.92 Å². The minimum atomic E-state index is -1.22. The molecule has 0 amide bonds. The number of carbonyl (C=O) groups is 2. The SMILES string of the molecule is COc1cc(F)c(O[C@H]2CC[C@@H](C(=O)OC)CC2)cc1C(=O)O. The van der Waals surface area contributed by atoms with Crippen LogP contribution in [0, 0.1) is 11.7 Å². The quantitative estimate of drug-likeness (QED) is 0.838. The molecule has 1 N–H and O–H groups in total. The second-order valence-electron chi connectivity index (χ2n) is 5.40. The van der Waals surface area contributed by atoms with Crippen molar-refractivity contribution in [3.05, 3.63) is 23.5 Å². The van der Waals surface area contributed by atoms with Crippen molar-refractivity contribution < 1.29 is 33.3 Å². The molecule has 0 radical (unpaired) electrons. The fourth-order valence-electron chi connectivity index (χ4n) is 2.72. The number of carbonyl (C=O) groups excluding carboxylic acids is 1. The second kappa shape index (κ2) is 7.30. The Morgan fingerprint density at radius 1 is 1.13 bits per heavy atom. The Bertz CT molecular complexity index is 592. The molecule has 0 bridgehead atoms. The summed E-state index contributed by atoms with van der Waals surface area (Å²) in [5, 5.41) is 9.13. The van der Waals surface area contributed by atoms with Gasteiger partial charge >= 0.3 is 11.9 Å². The molecule has 1 aromatic carbocycles. The van der Waals surface area contributed by atoms with Gasteiger partial charge in [0.1, 0.15) is 11.3 Å². The van der Waals surface area contributed by atoms with Crippen molar-refractivity contribution in [2.75, 3.05) is 14.2 Å². The van der Waals surface area contributed by atoms with Gasteiger partial charge in [0.2, 0.25) is 0 Å². The number of hydrogen-bond donors (Lipinski definition) is 1. The van der Waals surface area contributed by atoms with E-state index < -0.39 is 11.8 Å². The topological polar surface area (TPSA) is 82.1 Å². The molecule has 1 aromatic rings. The first kappa shape index (κ1) is 17.1. The number of methoxy groups -OCH3 is 2. The van der Waals surface area contributed by atoms with Crippen LogP contribution >= 0.6 is 0 Å². The van der Waals surface area contributed by atoms with Crippen LogP contribution in [0.5, 0.6) is 11.5 Å². The summed E-state index contributed by atoms with van der Waals surface area (Å²) in [7, 11) is 2.63. The molecule has 7 heteroatoms. The Labute approximate surface area is 133 Å². The highest BCUT2D eigenvalue weighted by Gasteiger charge is 2.28. The number of esters is 1. The smallest absolute Gasteiger partial charge is 0.339 e. The third kappa shape index (κ3) is 3.91. The van der Waals surface area contributed by atoms with Gasteiger partial charge in [-0.1, -0.05) is 0 Å². The fraction of sp³-hybridized carbons (Fsp3) is 0.500. The molecule has 0 aliphatic heterocycles. The number of carboxylic acid groups (broad SMARTS) is 1. The third-order valence-electron chi connectivity index (χ3n) is 3.99. The normalized spacial score (nSPS) is 20.7. The summed E-state index contributed by atoms with van der Waals surface area (Å²) in [4.78, 5) is 22.7. The van der Waals surface area contributed by atoms with E-state index in [1.165, 1.54) is 14.2 Å². The molecule has 2 rings (SSSR count). The van der Waals surface area contributed by atoms with E-state index in [1.54, 1.807) is 0 Å². The van der Waals surface area contributed by atoms with E-state index in [9.17, 15) is 14.0 Å². The first-order valence-electron chi connectivity index (χ1n) is 7.31. The van der Waals surface area contributed by atoms with Crippen LogP contribution in [0.15, 0.2) is 12.1 Å². The molecule has 23 heavy (non-hydrogen) atoms. The van der Waals surface area contributed by atoms with Crippen LogP contribution < -0.4 is 9.47 Å². The maximum absolute atomic E-state index is 14.0. The van der Waals surface area contributed by atoms with Crippen LogP contribution in [0.1, 0.15) is 36.0 Å². The summed E-state index contributed by atoms with van der Waals surface area (Å²) in [5.41, 5.74) is -0.160. The molecular weight excluding hydrogens is 307 g/mol. The minimum Gasteiger partial charge on any atom is -0.496 e. The molecule has 1 fully saturated rings. The Morgan fingerprint density at radius 2 is 1.78 bits per heavy atom. The summed E-state index contributed by atoms with van der Waals surface area (Å²) < 4.78 is 29.2. The van der Waals surface area contributed by atoms with Gasteiger partial charge in [-0.25, -0.2) is 9.18 Å². The summed E-state index contributed by atoms with van der Waals surface area (Å²) in [6, 6.07) is 2.13. The fourth-order valence-corrected chi connectivity index (χ4v) is 2.72. The van der Waals surface area contributed by atoms with Gasteiger partial charge in [-0.2, -0.15) is 0 Å². The van der Waals surface area contributed by atoms with Gasteiger partial charge in [-0.05, 0) is 25.7 Å². The molecular formula is C16H19FO6. The number of carboxylic acids is 1. The first-order chi connectivity index (χ1) is 11.0. The van der Waals surface area contributed by atoms with E-state index in [2.05, 4.69) is 0 Å². The standard InChI is InChI=1S/C16H19FO6/c1-21-13-8-12(17)14(7-11(13)15(18)19)23-10-5-3-9(4-6-10)16(20)22-2/h7-10H,3-6H2,1-2H3,(H,18,19)/t9-,10+. The molecule has 0 unspecified atom stereocenters. The van der Waals surface area contributed by atoms with Crippen molar-refractivity contribution in [2.45, 2.75) is 31.8 Å². The summed E-state index contributed by atoms with van der Waals surface area (Å²) >= 11 is 0. The summed E-state index contributed by atoms with van der Waals surface area (Å²) in [6.45, 7) is 0. The second-order valence-corrected chi connectivity index (χ2v) is 5.40. The first-order valence-corrected chi connectivity index (χ1v) is 7.31. The lowest BCUT2D eigenvalue weighted by atomic mass is 9.87. The summed E-state index contributed by atoms with van der Waals surface area (Å²) in [6.07, 6.45) is 2.09. The average molecular weight is 326 g/mol. The van der Waals surface area contributed by atoms with E-state index >= 15 is 0 Å². The molecule has 0 atom stereocenters. The number of ether oxygens (including phenoxy) is 3. The molecule has 0 heterocycles. The monoisotopic (exact) mass is 326 g/mol. The highest BCUT2D eigenvalue weighted by Crippen LogP contribution is 2.32. The van der Waals surface area contributed by atoms with Gasteiger partial charge in [-0.3, -0.25) is 4.79 Å². The Balaban J connectivity index is 2.08. The maximum Gasteiger partial charge on any atom is 0.339 e. The highest BCUT2D eigenvalue weighted by atomic mass is 19.1. The van der Waals surface area contributed by atoms with Crippen LogP contribution in [-0.4, -0.2) is 37.4 Å². The van der Waals surface area contributed by atoms with Crippen molar-refractivity contribution in [1.29, 1.82) is 0 Å². The van der Waals surface area contributed by atoms with Crippen LogP contribution in [0.2, 0.25) is 0 Å². The molecule has 1 aliphatic rings. The third-order valence-corrected chi connectivity index (χ3v) is 3.99. The van der Waals surface area contributed by atoms with Gasteiger partial charge < -0.3 is 19.3 Å². The summed E-state index contributed by atoms with van der Waals surface area (Å²) in [5.74, 6) is -2.48. The number of rotatable bonds is 5. The molecule has 0 aromatic heterocycles. The minimum absolute atomic E-state index is 0.0586. The zero-order valence-corrected chi connectivity index (χ0v) is 13.0. The number of hydrogen-bond acceptors (Lipinski definition) is 5. The largest absolute Gasteiger partial charge is 0.496 e. The highest BCUT2D eigenvalue weighted by molar-refractivity contribution is 5.91. The van der Waals surface area contributed by atoms with Crippen LogP contribution in [0.3, 0.4) is 0 Å². The molecule has 1 aliphatic carbocycles. The van der Waals surface area contributed by atoms with Gasteiger partial charge in [0.15, 0.2) is 11.6 Å². The lowest BCUT2D eigenvalue weighted by Gasteiger charge is -2.27. The predicted octanol–water partition coefficient (Wildman–Crippen LogP) is 2.64. The molecule has 0 spiro atoms. The number of benzene rings is 1. The van der Waals surface area contributed by atoms with Gasteiger partial charge in [0.25, 0.3) is 0 Å². The maximum atomic E-state index is 14.0. The predicted molar refractivity (Wildman–Crippen MR) is 78.3 cm³/mol. The van der Waals surface area contributed by atoms with E-state index in [0.717, 1.165) is 12.1 Å². The number of halogens is 1. The van der Waals surface area contributed by atoms with Gasteiger partial charge in [-0.15, -0.1) is 0 Å². The van der Waals surface area contributed by atoms with E-state index in [4.69, 9.17) is 19.3 Å². The zero-order chi connectivity index (χ0) is 17.0. The average Bonchev–Trinajstić information content (AvgIpc) is 2.56. The van der Waals surface area contributed by atoms with Crippen molar-refractivity contribution in [1.82, 2.24) is 0 Å². The van der Waals surface area contributed by atoms with E-state index in [-0.39, 0.29) is 35.1 Å². The lowest BCUT2D eigenvalue weighted by molar-refractivity contribution is -0.147. The zero-order valence-electron chi connectivity index (χ0n) is 13.0. The van der Waals surface area contributed by atoms with Gasteiger partial charge in [0, 0.05) is 12.1 Å². The Hall–Kier alpha value is -2.31. The van der Waals surface area contributed by atoms with Crippen LogP contribution in [0.25, 0.3) is 0 Å². The number of aromatic carboxylic acids is 1. The van der Waals surface area contributed by atoms with Gasteiger partial charge in [0.05, 0.1) is 26.2 Å².